The largest absolute Gasteiger partial charge is 0.443 e. The van der Waals surface area contributed by atoms with E-state index in [2.05, 4.69) is 109 Å². The molecule has 32 heavy (non-hydrogen) atoms. The molecule has 2 aromatic heterocycles. The molecule has 0 bridgehead atoms. The van der Waals surface area contributed by atoms with E-state index in [9.17, 15) is 0 Å². The normalized spacial score (nSPS) is 18.8. The highest BCUT2D eigenvalue weighted by molar-refractivity contribution is 6.14. The van der Waals surface area contributed by atoms with Gasteiger partial charge in [0.05, 0.1) is 14.7 Å². The van der Waals surface area contributed by atoms with Gasteiger partial charge in [-0.25, -0.2) is 0 Å². The highest BCUT2D eigenvalue weighted by atomic mass is 16.5. The van der Waals surface area contributed by atoms with Crippen LogP contribution in [-0.2, 0) is 5.41 Å². The van der Waals surface area contributed by atoms with Crippen molar-refractivity contribution in [3.8, 4) is 22.8 Å². The lowest BCUT2D eigenvalue weighted by Crippen LogP contribution is -2.81. The minimum absolute atomic E-state index is 0.0430. The average molecular weight is 417 g/mol. The molecular formula is C28H22N3O+3. The molecule has 0 aliphatic carbocycles. The van der Waals surface area contributed by atoms with Crippen LogP contribution in [-0.4, -0.2) is 0 Å². The Morgan fingerprint density at radius 3 is 2.44 bits per heavy atom. The zero-order valence-corrected chi connectivity index (χ0v) is 18.3. The Hall–Kier alpha value is -3.76. The first-order valence-corrected chi connectivity index (χ1v) is 11.2. The average Bonchev–Trinajstić information content (AvgIpc) is 3.28. The minimum atomic E-state index is -0.0430. The summed E-state index contributed by atoms with van der Waals surface area (Å²) in [6.45, 7) is 6.79. The fourth-order valence-electron chi connectivity index (χ4n) is 6.13. The summed E-state index contributed by atoms with van der Waals surface area (Å²) < 4.78 is 12.1. The molecule has 5 aromatic rings. The third kappa shape index (κ3) is 1.60. The molecule has 4 nitrogen and oxygen atoms in total. The molecule has 0 saturated carbocycles. The number of nitrogens with zero attached hydrogens (tertiary/aromatic N) is 3. The van der Waals surface area contributed by atoms with Crippen LogP contribution in [0.15, 0.2) is 79.1 Å². The van der Waals surface area contributed by atoms with Crippen molar-refractivity contribution in [3.63, 3.8) is 0 Å². The number of quaternary nitrogens is 1. The van der Waals surface area contributed by atoms with Gasteiger partial charge in [-0.1, -0.05) is 32.9 Å². The first-order valence-electron chi connectivity index (χ1n) is 11.2. The Morgan fingerprint density at radius 1 is 0.750 bits per heavy atom. The molecule has 4 heteroatoms. The summed E-state index contributed by atoms with van der Waals surface area (Å²) in [4.78, 5) is 0. The van der Waals surface area contributed by atoms with Crippen LogP contribution in [0.2, 0.25) is 0 Å². The van der Waals surface area contributed by atoms with Crippen LogP contribution in [0.5, 0.6) is 11.5 Å². The number of fused-ring (bicyclic) bond motifs is 2. The number of hydrogen-bond acceptors (Lipinski definition) is 1. The van der Waals surface area contributed by atoms with Crippen molar-refractivity contribution < 1.29 is 14.1 Å². The second kappa shape index (κ2) is 5.00. The molecule has 5 heterocycles. The third-order valence-electron chi connectivity index (χ3n) is 7.37. The van der Waals surface area contributed by atoms with Crippen LogP contribution in [0.3, 0.4) is 0 Å². The molecule has 8 rings (SSSR count). The van der Waals surface area contributed by atoms with Gasteiger partial charge in [0.1, 0.15) is 10.9 Å². The summed E-state index contributed by atoms with van der Waals surface area (Å²) >= 11 is 0. The molecule has 1 atom stereocenters. The number of ether oxygens (including phenoxy) is 1. The van der Waals surface area contributed by atoms with Crippen LogP contribution >= 0.6 is 0 Å². The second-order valence-electron chi connectivity index (χ2n) is 10.1. The van der Waals surface area contributed by atoms with Gasteiger partial charge in [0.2, 0.25) is 23.9 Å². The van der Waals surface area contributed by atoms with Gasteiger partial charge < -0.3 is 4.74 Å². The maximum Gasteiger partial charge on any atom is 0.318 e. The van der Waals surface area contributed by atoms with E-state index < -0.39 is 0 Å². The maximum atomic E-state index is 6.83. The Morgan fingerprint density at radius 2 is 1.56 bits per heavy atom. The van der Waals surface area contributed by atoms with E-state index in [1.807, 2.05) is 0 Å². The monoisotopic (exact) mass is 416 g/mol. The Kier molecular flexibility index (Phi) is 2.64. The quantitative estimate of drug-likeness (QED) is 0.173. The summed E-state index contributed by atoms with van der Waals surface area (Å²) in [6.07, 6.45) is 4.44. The summed E-state index contributed by atoms with van der Waals surface area (Å²) in [6, 6.07) is 24.2. The van der Waals surface area contributed by atoms with Gasteiger partial charge in [-0.05, 0) is 47.2 Å². The lowest BCUT2D eigenvalue weighted by atomic mass is 9.84. The fourth-order valence-corrected chi connectivity index (χ4v) is 6.13. The smallest absolute Gasteiger partial charge is 0.318 e. The first-order chi connectivity index (χ1) is 15.5. The molecule has 152 valence electrons. The lowest BCUT2D eigenvalue weighted by Gasteiger charge is -2.28. The first kappa shape index (κ1) is 16.9. The van der Waals surface area contributed by atoms with Crippen molar-refractivity contribution in [3.05, 3.63) is 84.7 Å². The number of benzene rings is 3. The number of hydrogen-bond donors (Lipinski definition) is 0. The van der Waals surface area contributed by atoms with Gasteiger partial charge >= 0.3 is 11.4 Å². The van der Waals surface area contributed by atoms with Crippen molar-refractivity contribution >= 4 is 33.1 Å². The zero-order chi connectivity index (χ0) is 21.4. The highest BCUT2D eigenvalue weighted by Crippen LogP contribution is 2.61. The molecule has 0 amide bonds. The Balaban J connectivity index is 1.70. The van der Waals surface area contributed by atoms with Gasteiger partial charge in [0.15, 0.2) is 4.70 Å². The topological polar surface area (TPSA) is 17.0 Å². The maximum absolute atomic E-state index is 6.83. The van der Waals surface area contributed by atoms with Crippen molar-refractivity contribution in [2.24, 2.45) is 0 Å². The van der Waals surface area contributed by atoms with Gasteiger partial charge in [0.25, 0.3) is 11.2 Å². The standard InChI is InChI=1S/C28H22N3O/c1-28(2,3)20-13-12-19-21-8-4-5-15-29(21)31-25(19)27(20)32-22-14-11-17-9-10-18-7-6-16-30(31)24(18)23(17)26(22)31/h4-16H,1-3H3/q+3. The van der Waals surface area contributed by atoms with E-state index in [1.165, 1.54) is 49.9 Å². The third-order valence-corrected chi connectivity index (χ3v) is 7.37. The van der Waals surface area contributed by atoms with E-state index in [0.29, 0.717) is 4.70 Å². The van der Waals surface area contributed by atoms with Crippen LogP contribution in [0, 0.1) is 0 Å². The molecule has 0 fully saturated rings. The Labute approximate surface area is 185 Å². The van der Waals surface area contributed by atoms with E-state index in [-0.39, 0.29) is 5.41 Å². The lowest BCUT2D eigenvalue weighted by molar-refractivity contribution is -1.02. The van der Waals surface area contributed by atoms with E-state index in [4.69, 9.17) is 4.74 Å². The van der Waals surface area contributed by atoms with Gasteiger partial charge in [-0.15, -0.1) is 0 Å². The molecule has 3 aromatic carbocycles. The zero-order valence-electron chi connectivity index (χ0n) is 18.3. The SMILES string of the molecule is CC(C)(C)c1ccc2c3c1Oc1ccc4ccc5ccc[n+]6c5c4c1[N+]36[n+]1ccccc1-2. The van der Waals surface area contributed by atoms with E-state index in [1.54, 1.807) is 0 Å². The highest BCUT2D eigenvalue weighted by Gasteiger charge is 2.72. The van der Waals surface area contributed by atoms with E-state index in [0.717, 1.165) is 11.5 Å². The predicted octanol–water partition coefficient (Wildman–Crippen LogP) is 5.83. The van der Waals surface area contributed by atoms with Crippen molar-refractivity contribution in [1.29, 1.82) is 0 Å². The molecule has 0 saturated heterocycles. The molecule has 3 aliphatic rings. The Bertz CT molecular complexity index is 1700. The van der Waals surface area contributed by atoms with Gasteiger partial charge in [-0.2, -0.15) is 0 Å². The predicted molar refractivity (Wildman–Crippen MR) is 125 cm³/mol. The van der Waals surface area contributed by atoms with Crippen molar-refractivity contribution in [2.45, 2.75) is 26.2 Å². The molecule has 1 spiro atoms. The second-order valence-corrected chi connectivity index (χ2v) is 10.1. The van der Waals surface area contributed by atoms with Crippen LogP contribution in [0.1, 0.15) is 26.3 Å². The van der Waals surface area contributed by atoms with Crippen molar-refractivity contribution in [2.75, 3.05) is 0 Å². The molecule has 1 unspecified atom stereocenters. The van der Waals surface area contributed by atoms with E-state index >= 15 is 0 Å². The van der Waals surface area contributed by atoms with Gasteiger partial charge in [0, 0.05) is 23.8 Å². The molecule has 0 N–H and O–H groups in total. The number of rotatable bonds is 0. The van der Waals surface area contributed by atoms with Crippen LogP contribution in [0.4, 0.5) is 11.4 Å². The molecular weight excluding hydrogens is 394 g/mol. The minimum Gasteiger partial charge on any atom is -0.443 e. The van der Waals surface area contributed by atoms with Crippen LogP contribution in [0.25, 0.3) is 32.9 Å². The number of aromatic nitrogens is 2. The summed E-state index contributed by atoms with van der Waals surface area (Å²) in [5.74, 6) is 1.93. The fraction of sp³-hybridized carbons (Fsp3) is 0.143. The van der Waals surface area contributed by atoms with Crippen LogP contribution < -0.4 is 18.8 Å². The summed E-state index contributed by atoms with van der Waals surface area (Å²) in [7, 11) is 0. The van der Waals surface area contributed by atoms with Gasteiger partial charge in [-0.3, -0.25) is 0 Å². The number of pyridine rings is 2. The molecule has 0 radical (unpaired) electrons. The molecule has 3 aliphatic heterocycles. The van der Waals surface area contributed by atoms with Crippen molar-refractivity contribution in [1.82, 2.24) is 4.70 Å². The summed E-state index contributed by atoms with van der Waals surface area (Å²) in [5.41, 5.74) is 7.29. The summed E-state index contributed by atoms with van der Waals surface area (Å²) in [5, 5.41) is 3.77.